The van der Waals surface area contributed by atoms with Crippen molar-refractivity contribution in [2.75, 3.05) is 20.1 Å². The molecule has 0 aromatic carbocycles. The maximum atomic E-state index is 11.7. The lowest BCUT2D eigenvalue weighted by Crippen LogP contribution is -2.42. The van der Waals surface area contributed by atoms with Gasteiger partial charge in [0.05, 0.1) is 6.04 Å². The Kier molecular flexibility index (Phi) is 2.05. The molecule has 3 heteroatoms. The lowest BCUT2D eigenvalue weighted by Gasteiger charge is -2.19. The van der Waals surface area contributed by atoms with E-state index in [9.17, 15) is 4.79 Å². The number of amides is 1. The molecule has 2 rings (SSSR count). The molecule has 68 valence electrons. The van der Waals surface area contributed by atoms with Crippen LogP contribution in [0, 0.1) is 5.92 Å². The monoisotopic (exact) mass is 168 g/mol. The largest absolute Gasteiger partial charge is 0.344 e. The molecule has 0 radical (unpaired) electrons. The molecule has 2 aliphatic heterocycles. The van der Waals surface area contributed by atoms with Crippen molar-refractivity contribution in [2.45, 2.75) is 25.3 Å². The summed E-state index contributed by atoms with van der Waals surface area (Å²) in [4.78, 5) is 13.6. The zero-order valence-electron chi connectivity index (χ0n) is 7.55. The predicted molar refractivity (Wildman–Crippen MR) is 46.8 cm³/mol. The van der Waals surface area contributed by atoms with Gasteiger partial charge < -0.3 is 10.2 Å². The van der Waals surface area contributed by atoms with Crippen LogP contribution in [0.5, 0.6) is 0 Å². The van der Waals surface area contributed by atoms with Gasteiger partial charge in [-0.05, 0) is 31.7 Å². The van der Waals surface area contributed by atoms with Crippen molar-refractivity contribution in [3.8, 4) is 0 Å². The van der Waals surface area contributed by atoms with Gasteiger partial charge in [0.1, 0.15) is 0 Å². The zero-order valence-corrected chi connectivity index (χ0v) is 7.55. The van der Waals surface area contributed by atoms with Crippen molar-refractivity contribution in [1.29, 1.82) is 0 Å². The summed E-state index contributed by atoms with van der Waals surface area (Å²) in [5, 5.41) is 3.29. The molecule has 0 aliphatic carbocycles. The molecule has 2 aliphatic rings. The first-order chi connectivity index (χ1) is 5.79. The van der Waals surface area contributed by atoms with Crippen molar-refractivity contribution >= 4 is 5.91 Å². The molecule has 2 heterocycles. The highest BCUT2D eigenvalue weighted by atomic mass is 16.2. The molecule has 2 fully saturated rings. The SMILES string of the molecule is CN1CCCC2CCNC2C1=O. The van der Waals surface area contributed by atoms with Gasteiger partial charge in [0.25, 0.3) is 0 Å². The topological polar surface area (TPSA) is 32.3 Å². The van der Waals surface area contributed by atoms with Crippen molar-refractivity contribution < 1.29 is 4.79 Å². The third-order valence-electron chi connectivity index (χ3n) is 3.06. The summed E-state index contributed by atoms with van der Waals surface area (Å²) in [7, 11) is 1.91. The maximum absolute atomic E-state index is 11.7. The Bertz CT molecular complexity index is 193. The average molecular weight is 168 g/mol. The fourth-order valence-corrected chi connectivity index (χ4v) is 2.30. The van der Waals surface area contributed by atoms with Crippen LogP contribution in [0.2, 0.25) is 0 Å². The van der Waals surface area contributed by atoms with Crippen LogP contribution >= 0.6 is 0 Å². The first-order valence-corrected chi connectivity index (χ1v) is 4.77. The molecule has 2 atom stereocenters. The molecule has 2 saturated heterocycles. The minimum atomic E-state index is 0.137. The lowest BCUT2D eigenvalue weighted by atomic mass is 9.96. The molecule has 0 aromatic rings. The van der Waals surface area contributed by atoms with Crippen molar-refractivity contribution in [2.24, 2.45) is 5.92 Å². The third-order valence-corrected chi connectivity index (χ3v) is 3.06. The van der Waals surface area contributed by atoms with E-state index >= 15 is 0 Å². The maximum Gasteiger partial charge on any atom is 0.239 e. The number of fused-ring (bicyclic) bond motifs is 1. The van der Waals surface area contributed by atoms with Crippen LogP contribution in [-0.4, -0.2) is 37.0 Å². The number of rotatable bonds is 0. The third kappa shape index (κ3) is 1.22. The van der Waals surface area contributed by atoms with E-state index in [-0.39, 0.29) is 6.04 Å². The summed E-state index contributed by atoms with van der Waals surface area (Å²) in [6.07, 6.45) is 3.57. The number of nitrogens with one attached hydrogen (secondary N) is 1. The minimum absolute atomic E-state index is 0.137. The van der Waals surface area contributed by atoms with Gasteiger partial charge in [0.15, 0.2) is 0 Å². The molecular formula is C9H16N2O. The van der Waals surface area contributed by atoms with Crippen LogP contribution < -0.4 is 5.32 Å². The lowest BCUT2D eigenvalue weighted by molar-refractivity contribution is -0.131. The van der Waals surface area contributed by atoms with E-state index < -0.39 is 0 Å². The highest BCUT2D eigenvalue weighted by Crippen LogP contribution is 2.25. The van der Waals surface area contributed by atoms with Gasteiger partial charge >= 0.3 is 0 Å². The smallest absolute Gasteiger partial charge is 0.239 e. The van der Waals surface area contributed by atoms with Crippen LogP contribution in [-0.2, 0) is 4.79 Å². The van der Waals surface area contributed by atoms with Gasteiger partial charge in [-0.3, -0.25) is 4.79 Å². The van der Waals surface area contributed by atoms with Crippen LogP contribution in [0.3, 0.4) is 0 Å². The Morgan fingerprint density at radius 1 is 1.50 bits per heavy atom. The molecule has 1 amide bonds. The molecule has 0 aromatic heterocycles. The summed E-state index contributed by atoms with van der Waals surface area (Å²) in [5.74, 6) is 0.914. The Labute approximate surface area is 73.1 Å². The zero-order chi connectivity index (χ0) is 8.55. The molecule has 0 saturated carbocycles. The molecule has 3 nitrogen and oxygen atoms in total. The number of likely N-dealkylation sites (N-methyl/N-ethyl adjacent to an activating group) is 1. The summed E-state index contributed by atoms with van der Waals surface area (Å²) < 4.78 is 0. The molecule has 12 heavy (non-hydrogen) atoms. The van der Waals surface area contributed by atoms with E-state index in [1.165, 1.54) is 19.3 Å². The standard InChI is InChI=1S/C9H16N2O/c1-11-6-2-3-7-4-5-10-8(7)9(11)12/h7-8,10H,2-6H2,1H3. The summed E-state index contributed by atoms with van der Waals surface area (Å²) >= 11 is 0. The molecule has 2 unspecified atom stereocenters. The second kappa shape index (κ2) is 3.05. The van der Waals surface area contributed by atoms with Crippen molar-refractivity contribution in [3.63, 3.8) is 0 Å². The van der Waals surface area contributed by atoms with Gasteiger partial charge in [0, 0.05) is 13.6 Å². The minimum Gasteiger partial charge on any atom is -0.344 e. The summed E-state index contributed by atoms with van der Waals surface area (Å²) in [5.41, 5.74) is 0. The van der Waals surface area contributed by atoms with E-state index in [0.29, 0.717) is 11.8 Å². The van der Waals surface area contributed by atoms with Crippen molar-refractivity contribution in [3.05, 3.63) is 0 Å². The fraction of sp³-hybridized carbons (Fsp3) is 0.889. The Hall–Kier alpha value is -0.570. The van der Waals surface area contributed by atoms with E-state index in [1.54, 1.807) is 0 Å². The highest BCUT2D eigenvalue weighted by Gasteiger charge is 2.35. The second-order valence-electron chi connectivity index (χ2n) is 3.88. The van der Waals surface area contributed by atoms with Gasteiger partial charge in [-0.25, -0.2) is 0 Å². The van der Waals surface area contributed by atoms with Crippen LogP contribution in [0.15, 0.2) is 0 Å². The number of carbonyl (C=O) groups excluding carboxylic acids is 1. The normalized spacial score (nSPS) is 36.4. The van der Waals surface area contributed by atoms with Gasteiger partial charge in [-0.15, -0.1) is 0 Å². The van der Waals surface area contributed by atoms with Crippen LogP contribution in [0.1, 0.15) is 19.3 Å². The van der Waals surface area contributed by atoms with Gasteiger partial charge in [-0.2, -0.15) is 0 Å². The van der Waals surface area contributed by atoms with Gasteiger partial charge in [-0.1, -0.05) is 0 Å². The molecule has 1 N–H and O–H groups in total. The van der Waals surface area contributed by atoms with E-state index in [4.69, 9.17) is 0 Å². The fourth-order valence-electron chi connectivity index (χ4n) is 2.30. The van der Waals surface area contributed by atoms with Gasteiger partial charge in [0.2, 0.25) is 5.91 Å². The summed E-state index contributed by atoms with van der Waals surface area (Å²) in [6, 6.07) is 0.137. The van der Waals surface area contributed by atoms with E-state index in [0.717, 1.165) is 13.1 Å². The quantitative estimate of drug-likeness (QED) is 0.561. The van der Waals surface area contributed by atoms with E-state index in [1.807, 2.05) is 11.9 Å². The Morgan fingerprint density at radius 2 is 2.33 bits per heavy atom. The van der Waals surface area contributed by atoms with Crippen LogP contribution in [0.4, 0.5) is 0 Å². The molecule has 0 bridgehead atoms. The number of likely N-dealkylation sites (tertiary alicyclic amines) is 1. The summed E-state index contributed by atoms with van der Waals surface area (Å²) in [6.45, 7) is 1.96. The number of nitrogens with zero attached hydrogens (tertiary/aromatic N) is 1. The number of hydrogen-bond acceptors (Lipinski definition) is 2. The predicted octanol–water partition coefficient (Wildman–Crippen LogP) is 0.217. The van der Waals surface area contributed by atoms with E-state index in [2.05, 4.69) is 5.32 Å². The average Bonchev–Trinajstić information content (AvgIpc) is 2.46. The highest BCUT2D eigenvalue weighted by molar-refractivity contribution is 5.82. The second-order valence-corrected chi connectivity index (χ2v) is 3.88. The number of carbonyl (C=O) groups is 1. The molecule has 0 spiro atoms. The Morgan fingerprint density at radius 3 is 3.17 bits per heavy atom. The first-order valence-electron chi connectivity index (χ1n) is 4.77. The number of hydrogen-bond donors (Lipinski definition) is 1. The van der Waals surface area contributed by atoms with Crippen LogP contribution in [0.25, 0.3) is 0 Å². The molecular weight excluding hydrogens is 152 g/mol. The Balaban J connectivity index is 2.13. The van der Waals surface area contributed by atoms with Crippen molar-refractivity contribution in [1.82, 2.24) is 10.2 Å². The first kappa shape index (κ1) is 8.05.